The van der Waals surface area contributed by atoms with Gasteiger partial charge in [0.25, 0.3) is 5.22 Å². The van der Waals surface area contributed by atoms with Crippen LogP contribution in [0, 0.1) is 6.92 Å². The van der Waals surface area contributed by atoms with Crippen molar-refractivity contribution in [1.29, 1.82) is 0 Å². The maximum atomic E-state index is 11.7. The number of rotatable bonds is 4. The van der Waals surface area contributed by atoms with Crippen LogP contribution in [0.15, 0.2) is 31.8 Å². The average molecular weight is 318 g/mol. The van der Waals surface area contributed by atoms with Crippen LogP contribution in [0.2, 0.25) is 0 Å². The fraction of sp³-hybridized carbons (Fsp3) is 0.200. The molecule has 0 fully saturated rings. The summed E-state index contributed by atoms with van der Waals surface area (Å²) < 4.78 is 6.12. The van der Waals surface area contributed by atoms with Gasteiger partial charge in [-0.25, -0.2) is 4.98 Å². The summed E-state index contributed by atoms with van der Waals surface area (Å²) in [7, 11) is 0. The van der Waals surface area contributed by atoms with Gasteiger partial charge in [-0.15, -0.1) is 11.3 Å². The van der Waals surface area contributed by atoms with Crippen LogP contribution in [0.4, 0.5) is 0 Å². The van der Waals surface area contributed by atoms with Crippen molar-refractivity contribution in [2.45, 2.75) is 12.1 Å². The number of ketones is 1. The monoisotopic (exact) mass is 317 g/mol. The Labute approximate surface area is 109 Å². The average Bonchev–Trinajstić information content (AvgIpc) is 2.84. The molecule has 0 bridgehead atoms. The quantitative estimate of drug-likeness (QED) is 0.635. The number of hydrogen-bond acceptors (Lipinski definition) is 5. The molecule has 2 aromatic heterocycles. The Bertz CT molecular complexity index is 506. The van der Waals surface area contributed by atoms with Gasteiger partial charge >= 0.3 is 0 Å². The molecule has 0 atom stereocenters. The van der Waals surface area contributed by atoms with Gasteiger partial charge in [-0.05, 0) is 35.0 Å². The fourth-order valence-corrected chi connectivity index (χ4v) is 3.21. The van der Waals surface area contributed by atoms with Crippen LogP contribution in [-0.4, -0.2) is 16.5 Å². The van der Waals surface area contributed by atoms with Crippen molar-refractivity contribution in [3.8, 4) is 0 Å². The van der Waals surface area contributed by atoms with Crippen molar-refractivity contribution in [1.82, 2.24) is 4.98 Å². The Morgan fingerprint density at radius 3 is 3.00 bits per heavy atom. The molecular weight excluding hydrogens is 310 g/mol. The molecule has 2 rings (SSSR count). The molecule has 6 heteroatoms. The maximum Gasteiger partial charge on any atom is 0.256 e. The van der Waals surface area contributed by atoms with Crippen LogP contribution in [0.25, 0.3) is 0 Å². The minimum absolute atomic E-state index is 0.0940. The smallest absolute Gasteiger partial charge is 0.256 e. The summed E-state index contributed by atoms with van der Waals surface area (Å²) in [6.07, 6.45) is 1.58. The number of aryl methyl sites for hydroxylation is 1. The van der Waals surface area contributed by atoms with Crippen molar-refractivity contribution < 1.29 is 9.21 Å². The van der Waals surface area contributed by atoms with Crippen LogP contribution < -0.4 is 0 Å². The van der Waals surface area contributed by atoms with Crippen LogP contribution in [0.1, 0.15) is 15.4 Å². The predicted molar refractivity (Wildman–Crippen MR) is 68.3 cm³/mol. The van der Waals surface area contributed by atoms with Crippen molar-refractivity contribution in [2.75, 3.05) is 5.75 Å². The molecule has 0 radical (unpaired) electrons. The Morgan fingerprint density at radius 1 is 1.62 bits per heavy atom. The summed E-state index contributed by atoms with van der Waals surface area (Å²) in [5, 5.41) is 0.543. The summed E-state index contributed by atoms with van der Waals surface area (Å²) in [5.41, 5.74) is 0.828. The summed E-state index contributed by atoms with van der Waals surface area (Å²) in [6.45, 7) is 1.85. The number of thioether (sulfide) groups is 1. The Kier molecular flexibility index (Phi) is 3.83. The zero-order valence-corrected chi connectivity index (χ0v) is 11.6. The first-order valence-electron chi connectivity index (χ1n) is 4.48. The summed E-state index contributed by atoms with van der Waals surface area (Å²) in [5.74, 6) is 0.448. The van der Waals surface area contributed by atoms with E-state index < -0.39 is 0 Å². The second-order valence-corrected chi connectivity index (χ2v) is 6.46. The van der Waals surface area contributed by atoms with Gasteiger partial charge in [0, 0.05) is 0 Å². The number of oxazole rings is 1. The number of halogens is 1. The lowest BCUT2D eigenvalue weighted by Crippen LogP contribution is -1.98. The van der Waals surface area contributed by atoms with Crippen LogP contribution in [0.3, 0.4) is 0 Å². The molecule has 0 saturated carbocycles. The molecule has 0 aliphatic heterocycles. The number of carbonyl (C=O) groups is 1. The highest BCUT2D eigenvalue weighted by Crippen LogP contribution is 2.25. The largest absolute Gasteiger partial charge is 0.440 e. The standard InChI is InChI=1S/C10H8BrNO2S2/c1-6-4-14-10(12-6)15-5-7(13)8-2-3-9(11)16-8/h2-4H,5H2,1H3. The highest BCUT2D eigenvalue weighted by atomic mass is 79.9. The first-order valence-corrected chi connectivity index (χ1v) is 7.08. The van der Waals surface area contributed by atoms with E-state index in [4.69, 9.17) is 4.42 Å². The second kappa shape index (κ2) is 5.16. The number of aromatic nitrogens is 1. The lowest BCUT2D eigenvalue weighted by atomic mass is 10.4. The Balaban J connectivity index is 1.93. The molecule has 3 nitrogen and oxygen atoms in total. The van der Waals surface area contributed by atoms with Crippen molar-refractivity contribution >= 4 is 44.8 Å². The molecule has 0 aromatic carbocycles. The van der Waals surface area contributed by atoms with Crippen LogP contribution >= 0.6 is 39.0 Å². The Morgan fingerprint density at radius 2 is 2.44 bits per heavy atom. The molecule has 84 valence electrons. The van der Waals surface area contributed by atoms with E-state index >= 15 is 0 Å². The van der Waals surface area contributed by atoms with E-state index in [0.29, 0.717) is 11.0 Å². The Hall–Kier alpha value is -0.590. The van der Waals surface area contributed by atoms with Gasteiger partial charge in [0.2, 0.25) is 0 Å². The zero-order valence-electron chi connectivity index (χ0n) is 8.40. The van der Waals surface area contributed by atoms with Gasteiger partial charge in [0.15, 0.2) is 5.78 Å². The highest BCUT2D eigenvalue weighted by Gasteiger charge is 2.11. The first kappa shape index (κ1) is 11.9. The molecular formula is C10H8BrNO2S2. The minimum atomic E-state index is 0.0940. The molecule has 0 saturated heterocycles. The third-order valence-electron chi connectivity index (χ3n) is 1.77. The van der Waals surface area contributed by atoms with E-state index in [1.807, 2.05) is 19.1 Å². The van der Waals surface area contributed by atoms with Crippen molar-refractivity contribution in [3.63, 3.8) is 0 Å². The van der Waals surface area contributed by atoms with E-state index in [2.05, 4.69) is 20.9 Å². The molecule has 16 heavy (non-hydrogen) atoms. The number of Topliss-reactive ketones (excluding diaryl/α,β-unsaturated/α-hetero) is 1. The van der Waals surface area contributed by atoms with Gasteiger partial charge < -0.3 is 4.42 Å². The van der Waals surface area contributed by atoms with E-state index in [0.717, 1.165) is 14.4 Å². The molecule has 0 amide bonds. The van der Waals surface area contributed by atoms with E-state index in [1.165, 1.54) is 23.1 Å². The third-order valence-corrected chi connectivity index (χ3v) is 4.28. The first-order chi connectivity index (χ1) is 7.65. The van der Waals surface area contributed by atoms with Crippen LogP contribution in [-0.2, 0) is 0 Å². The maximum absolute atomic E-state index is 11.7. The normalized spacial score (nSPS) is 10.6. The topological polar surface area (TPSA) is 43.1 Å². The molecule has 0 aliphatic rings. The molecule has 0 spiro atoms. The second-order valence-electron chi connectivity index (χ2n) is 3.07. The third kappa shape index (κ3) is 2.96. The summed E-state index contributed by atoms with van der Waals surface area (Å²) >= 11 is 6.08. The van der Waals surface area contributed by atoms with Gasteiger partial charge in [-0.2, -0.15) is 0 Å². The van der Waals surface area contributed by atoms with Gasteiger partial charge in [0.1, 0.15) is 6.26 Å². The SMILES string of the molecule is Cc1coc(SCC(=O)c2ccc(Br)s2)n1. The zero-order chi connectivity index (χ0) is 11.5. The lowest BCUT2D eigenvalue weighted by Gasteiger charge is -1.94. The van der Waals surface area contributed by atoms with Gasteiger partial charge in [0.05, 0.1) is 20.1 Å². The van der Waals surface area contributed by atoms with Gasteiger partial charge in [-0.1, -0.05) is 11.8 Å². The van der Waals surface area contributed by atoms with Crippen LogP contribution in [0.5, 0.6) is 0 Å². The molecule has 2 heterocycles. The van der Waals surface area contributed by atoms with Crippen molar-refractivity contribution in [3.05, 3.63) is 32.8 Å². The van der Waals surface area contributed by atoms with E-state index in [1.54, 1.807) is 6.26 Å². The number of hydrogen-bond donors (Lipinski definition) is 0. The molecule has 2 aromatic rings. The molecule has 0 unspecified atom stereocenters. The summed E-state index contributed by atoms with van der Waals surface area (Å²) in [6, 6.07) is 3.69. The number of carbonyl (C=O) groups excluding carboxylic acids is 1. The molecule has 0 N–H and O–H groups in total. The van der Waals surface area contributed by atoms with Gasteiger partial charge in [-0.3, -0.25) is 4.79 Å². The predicted octanol–water partition coefficient (Wildman–Crippen LogP) is 3.78. The molecule has 0 aliphatic carbocycles. The van der Waals surface area contributed by atoms with E-state index in [-0.39, 0.29) is 5.78 Å². The van der Waals surface area contributed by atoms with Crippen molar-refractivity contribution in [2.24, 2.45) is 0 Å². The lowest BCUT2D eigenvalue weighted by molar-refractivity contribution is 0.102. The summed E-state index contributed by atoms with van der Waals surface area (Å²) in [4.78, 5) is 16.6. The minimum Gasteiger partial charge on any atom is -0.440 e. The number of thiophene rings is 1. The highest BCUT2D eigenvalue weighted by molar-refractivity contribution is 9.11. The van der Waals surface area contributed by atoms with E-state index in [9.17, 15) is 4.79 Å². The number of nitrogens with zero attached hydrogens (tertiary/aromatic N) is 1. The fourth-order valence-electron chi connectivity index (χ4n) is 1.06.